The van der Waals surface area contributed by atoms with E-state index in [-0.39, 0.29) is 5.84 Å². The average molecular weight is 377 g/mol. The topological polar surface area (TPSA) is 78.0 Å². The van der Waals surface area contributed by atoms with Crippen molar-refractivity contribution in [1.29, 1.82) is 0 Å². The van der Waals surface area contributed by atoms with E-state index in [0.717, 1.165) is 36.5 Å². The highest BCUT2D eigenvalue weighted by molar-refractivity contribution is 9.10. The number of nitrogens with two attached hydrogens (primary N) is 1. The Morgan fingerprint density at radius 2 is 2.05 bits per heavy atom. The fourth-order valence-electron chi connectivity index (χ4n) is 2.40. The van der Waals surface area contributed by atoms with E-state index in [9.17, 15) is 0 Å². The van der Waals surface area contributed by atoms with Crippen LogP contribution in [0, 0.1) is 0 Å². The largest absolute Gasteiger partial charge is 0.409 e. The Kier molecular flexibility index (Phi) is 4.95. The van der Waals surface area contributed by atoms with Crippen molar-refractivity contribution in [1.82, 2.24) is 9.88 Å². The molecule has 2 rings (SSSR count). The van der Waals surface area contributed by atoms with Gasteiger partial charge >= 0.3 is 0 Å². The molecule has 116 valence electrons. The predicted molar refractivity (Wildman–Crippen MR) is 88.2 cm³/mol. The molecule has 1 saturated heterocycles. The lowest BCUT2D eigenvalue weighted by Crippen LogP contribution is -2.60. The molecule has 0 atom stereocenters. The van der Waals surface area contributed by atoms with Crippen molar-refractivity contribution in [2.24, 2.45) is 10.9 Å². The molecule has 3 N–H and O–H groups in total. The molecule has 1 aliphatic rings. The molecular weight excluding hydrogens is 358 g/mol. The minimum Gasteiger partial charge on any atom is -0.409 e. The van der Waals surface area contributed by atoms with Crippen LogP contribution in [0.5, 0.6) is 0 Å². The summed E-state index contributed by atoms with van der Waals surface area (Å²) in [5.41, 5.74) is 5.31. The molecule has 1 aliphatic heterocycles. The van der Waals surface area contributed by atoms with Gasteiger partial charge in [0.25, 0.3) is 0 Å². The van der Waals surface area contributed by atoms with E-state index in [1.807, 2.05) is 19.9 Å². The summed E-state index contributed by atoms with van der Waals surface area (Å²) in [5.74, 6) is 1.11. The molecule has 2 heterocycles. The Morgan fingerprint density at radius 1 is 1.43 bits per heavy atom. The summed E-state index contributed by atoms with van der Waals surface area (Å²) >= 11 is 9.42. The van der Waals surface area contributed by atoms with Crippen molar-refractivity contribution in [2.45, 2.75) is 19.4 Å². The van der Waals surface area contributed by atoms with Gasteiger partial charge in [0.15, 0.2) is 5.84 Å². The minimum absolute atomic E-state index is 0.224. The van der Waals surface area contributed by atoms with Crippen LogP contribution in [0.25, 0.3) is 0 Å². The van der Waals surface area contributed by atoms with E-state index in [1.165, 1.54) is 0 Å². The summed E-state index contributed by atoms with van der Waals surface area (Å²) in [4.78, 5) is 8.77. The number of pyridine rings is 1. The van der Waals surface area contributed by atoms with Crippen LogP contribution in [0.4, 0.5) is 5.82 Å². The first kappa shape index (κ1) is 16.3. The smallest absolute Gasteiger partial charge is 0.159 e. The Hall–Kier alpha value is -1.05. The summed E-state index contributed by atoms with van der Waals surface area (Å²) in [6.45, 7) is 7.15. The van der Waals surface area contributed by atoms with Gasteiger partial charge in [-0.3, -0.25) is 4.90 Å². The maximum absolute atomic E-state index is 8.89. The number of nitrogens with zero attached hydrogens (tertiary/aromatic N) is 4. The van der Waals surface area contributed by atoms with E-state index < -0.39 is 5.54 Å². The van der Waals surface area contributed by atoms with Crippen LogP contribution in [-0.4, -0.2) is 52.6 Å². The highest BCUT2D eigenvalue weighted by Gasteiger charge is 2.34. The zero-order valence-electron chi connectivity index (χ0n) is 12.1. The van der Waals surface area contributed by atoms with Crippen LogP contribution >= 0.6 is 27.5 Å². The Balaban J connectivity index is 2.07. The summed E-state index contributed by atoms with van der Waals surface area (Å²) < 4.78 is 0.888. The number of piperazine rings is 1. The van der Waals surface area contributed by atoms with Gasteiger partial charge in [-0.15, -0.1) is 0 Å². The van der Waals surface area contributed by atoms with Crippen molar-refractivity contribution in [3.63, 3.8) is 0 Å². The number of anilines is 1. The Labute approximate surface area is 137 Å². The van der Waals surface area contributed by atoms with Gasteiger partial charge in [0.1, 0.15) is 5.82 Å². The quantitative estimate of drug-likeness (QED) is 0.366. The molecule has 0 amide bonds. The number of hydrogen-bond acceptors (Lipinski definition) is 5. The monoisotopic (exact) mass is 375 g/mol. The van der Waals surface area contributed by atoms with Gasteiger partial charge in [0, 0.05) is 32.4 Å². The first-order chi connectivity index (χ1) is 9.86. The van der Waals surface area contributed by atoms with Crippen molar-refractivity contribution in [2.75, 3.05) is 31.1 Å². The second kappa shape index (κ2) is 6.37. The fourth-order valence-corrected chi connectivity index (χ4v) is 3.29. The third-order valence-electron chi connectivity index (χ3n) is 3.89. The van der Waals surface area contributed by atoms with Crippen molar-refractivity contribution < 1.29 is 5.21 Å². The molecule has 1 aromatic rings. The molecule has 21 heavy (non-hydrogen) atoms. The zero-order chi connectivity index (χ0) is 15.6. The SMILES string of the molecule is CC(C)(C(N)=NO)N1CCN(c2ncc(Cl)cc2Br)CC1. The fraction of sp³-hybridized carbons (Fsp3) is 0.538. The van der Waals surface area contributed by atoms with Gasteiger partial charge in [-0.05, 0) is 35.8 Å². The van der Waals surface area contributed by atoms with Crippen LogP contribution in [0.2, 0.25) is 5.02 Å². The lowest BCUT2D eigenvalue weighted by atomic mass is 10.0. The molecule has 1 fully saturated rings. The molecular formula is C13H19BrClN5O. The van der Waals surface area contributed by atoms with Crippen LogP contribution in [0.15, 0.2) is 21.9 Å². The number of aromatic nitrogens is 1. The van der Waals surface area contributed by atoms with Gasteiger partial charge in [-0.2, -0.15) is 0 Å². The summed E-state index contributed by atoms with van der Waals surface area (Å²) in [6.07, 6.45) is 1.65. The number of oxime groups is 1. The van der Waals surface area contributed by atoms with E-state index in [2.05, 4.69) is 35.9 Å². The number of rotatable bonds is 3. The normalized spacial score (nSPS) is 18.1. The van der Waals surface area contributed by atoms with Crippen LogP contribution < -0.4 is 10.6 Å². The number of amidine groups is 1. The Morgan fingerprint density at radius 3 is 2.57 bits per heavy atom. The minimum atomic E-state index is -0.467. The van der Waals surface area contributed by atoms with Gasteiger partial charge in [0.05, 0.1) is 15.0 Å². The summed E-state index contributed by atoms with van der Waals surface area (Å²) in [5, 5.41) is 12.6. The number of hydrogen-bond donors (Lipinski definition) is 2. The lowest BCUT2D eigenvalue weighted by molar-refractivity contribution is 0.161. The molecule has 0 saturated carbocycles. The van der Waals surface area contributed by atoms with Gasteiger partial charge in [0.2, 0.25) is 0 Å². The third kappa shape index (κ3) is 3.41. The second-order valence-electron chi connectivity index (χ2n) is 5.48. The molecule has 0 radical (unpaired) electrons. The van der Waals surface area contributed by atoms with Crippen molar-refractivity contribution in [3.05, 3.63) is 21.8 Å². The Bertz CT molecular complexity index is 543. The second-order valence-corrected chi connectivity index (χ2v) is 6.77. The van der Waals surface area contributed by atoms with Gasteiger partial charge in [-0.25, -0.2) is 4.98 Å². The van der Waals surface area contributed by atoms with E-state index in [4.69, 9.17) is 22.5 Å². The van der Waals surface area contributed by atoms with Gasteiger partial charge < -0.3 is 15.8 Å². The maximum Gasteiger partial charge on any atom is 0.159 e. The molecule has 6 nitrogen and oxygen atoms in total. The van der Waals surface area contributed by atoms with Gasteiger partial charge in [-0.1, -0.05) is 16.8 Å². The van der Waals surface area contributed by atoms with E-state index >= 15 is 0 Å². The highest BCUT2D eigenvalue weighted by Crippen LogP contribution is 2.28. The summed E-state index contributed by atoms with van der Waals surface area (Å²) in [6, 6.07) is 1.84. The molecule has 0 unspecified atom stereocenters. The average Bonchev–Trinajstić information content (AvgIpc) is 2.46. The molecule has 0 spiro atoms. The number of halogens is 2. The van der Waals surface area contributed by atoms with Crippen LogP contribution in [0.1, 0.15) is 13.8 Å². The molecule has 0 bridgehead atoms. The first-order valence-electron chi connectivity index (χ1n) is 6.65. The van der Waals surface area contributed by atoms with E-state index in [1.54, 1.807) is 6.20 Å². The van der Waals surface area contributed by atoms with Crippen LogP contribution in [0.3, 0.4) is 0 Å². The predicted octanol–water partition coefficient (Wildman–Crippen LogP) is 2.14. The van der Waals surface area contributed by atoms with E-state index in [0.29, 0.717) is 5.02 Å². The highest BCUT2D eigenvalue weighted by atomic mass is 79.9. The molecule has 0 aliphatic carbocycles. The van der Waals surface area contributed by atoms with Crippen molar-refractivity contribution in [3.8, 4) is 0 Å². The molecule has 8 heteroatoms. The zero-order valence-corrected chi connectivity index (χ0v) is 14.4. The summed E-state index contributed by atoms with van der Waals surface area (Å²) in [7, 11) is 0. The van der Waals surface area contributed by atoms with Crippen LogP contribution in [-0.2, 0) is 0 Å². The molecule has 0 aromatic carbocycles. The molecule has 1 aromatic heterocycles. The third-order valence-corrected chi connectivity index (χ3v) is 4.68. The van der Waals surface area contributed by atoms with Crippen molar-refractivity contribution >= 4 is 39.2 Å². The standard InChI is InChI=1S/C13H19BrClN5O/c1-13(2,12(16)18-21)20-5-3-19(4-6-20)11-10(14)7-9(15)8-17-11/h7-8,21H,3-6H2,1-2H3,(H2,16,18). The maximum atomic E-state index is 8.89. The first-order valence-corrected chi connectivity index (χ1v) is 7.82. The lowest BCUT2D eigenvalue weighted by Gasteiger charge is -2.43.